The SMILES string of the molecule is CON=CC(=O)NC1(c2csc(NC(=S)Cc3ccc(=O)[nH]n3)n2)S[C@@H]2CC(=O)N2C(C(=O)O)=C1COC(C)=O. The second kappa shape index (κ2) is 11.9. The van der Waals surface area contributed by atoms with Gasteiger partial charge in [0.15, 0.2) is 10.0 Å². The molecule has 1 saturated heterocycles. The number of nitrogens with zero attached hydrogens (tertiary/aromatic N) is 4. The minimum Gasteiger partial charge on any atom is -0.477 e. The molecule has 4 heterocycles. The van der Waals surface area contributed by atoms with Crippen LogP contribution >= 0.6 is 35.3 Å². The van der Waals surface area contributed by atoms with Crippen LogP contribution in [0.4, 0.5) is 5.13 Å². The third-order valence-electron chi connectivity index (χ3n) is 5.56. The zero-order chi connectivity index (χ0) is 29.0. The number of nitrogens with one attached hydrogen (secondary N) is 3. The van der Waals surface area contributed by atoms with Crippen LogP contribution in [0.25, 0.3) is 0 Å². The van der Waals surface area contributed by atoms with Gasteiger partial charge in [-0.15, -0.1) is 11.3 Å². The Morgan fingerprint density at radius 2 is 2.15 bits per heavy atom. The number of carboxylic acids is 1. The van der Waals surface area contributed by atoms with Crippen molar-refractivity contribution in [3.63, 3.8) is 0 Å². The largest absolute Gasteiger partial charge is 0.477 e. The van der Waals surface area contributed by atoms with Crippen LogP contribution in [0.2, 0.25) is 0 Å². The summed E-state index contributed by atoms with van der Waals surface area (Å²) >= 11 is 7.57. The molecule has 0 bridgehead atoms. The summed E-state index contributed by atoms with van der Waals surface area (Å²) in [5.41, 5.74) is -0.169. The molecule has 18 heteroatoms. The Labute approximate surface area is 239 Å². The molecule has 210 valence electrons. The predicted octanol–water partition coefficient (Wildman–Crippen LogP) is 0.317. The van der Waals surface area contributed by atoms with Gasteiger partial charge >= 0.3 is 11.9 Å². The van der Waals surface area contributed by atoms with Gasteiger partial charge in [-0.2, -0.15) is 5.10 Å². The smallest absolute Gasteiger partial charge is 0.352 e. The summed E-state index contributed by atoms with van der Waals surface area (Å²) in [6.45, 7) is 0.585. The molecule has 40 heavy (non-hydrogen) atoms. The molecular weight excluding hydrogens is 586 g/mol. The number of hydrogen-bond acceptors (Lipinski definition) is 13. The van der Waals surface area contributed by atoms with Gasteiger partial charge in [0.1, 0.15) is 25.6 Å². The van der Waals surface area contributed by atoms with E-state index in [9.17, 15) is 29.1 Å². The molecule has 0 spiro atoms. The number of aliphatic carboxylic acids is 1. The number of β-lactam (4-membered cyclic amide) rings is 1. The third-order valence-corrected chi connectivity index (χ3v) is 8.12. The zero-order valence-electron chi connectivity index (χ0n) is 20.8. The van der Waals surface area contributed by atoms with Gasteiger partial charge in [-0.3, -0.25) is 24.1 Å². The first-order valence-corrected chi connectivity index (χ1v) is 13.5. The highest BCUT2D eigenvalue weighted by atomic mass is 32.2. The highest BCUT2D eigenvalue weighted by Gasteiger charge is 2.57. The Bertz CT molecular complexity index is 1480. The fraction of sp³-hybridized carbons (Fsp3) is 0.318. The summed E-state index contributed by atoms with van der Waals surface area (Å²) in [6, 6.07) is 2.84. The average Bonchev–Trinajstić information content (AvgIpc) is 3.36. The lowest BCUT2D eigenvalue weighted by atomic mass is 9.97. The summed E-state index contributed by atoms with van der Waals surface area (Å²) < 4.78 is 5.18. The first-order chi connectivity index (χ1) is 19.0. The van der Waals surface area contributed by atoms with Crippen molar-refractivity contribution in [1.29, 1.82) is 0 Å². The Hall–Kier alpha value is -4.16. The van der Waals surface area contributed by atoms with Crippen LogP contribution < -0.4 is 16.2 Å². The van der Waals surface area contributed by atoms with E-state index in [0.717, 1.165) is 41.1 Å². The number of aromatic nitrogens is 3. The van der Waals surface area contributed by atoms with E-state index >= 15 is 0 Å². The van der Waals surface area contributed by atoms with Crippen molar-refractivity contribution in [2.45, 2.75) is 30.0 Å². The van der Waals surface area contributed by atoms with Crippen molar-refractivity contribution in [2.24, 2.45) is 5.16 Å². The highest BCUT2D eigenvalue weighted by Crippen LogP contribution is 2.54. The van der Waals surface area contributed by atoms with E-state index in [-0.39, 0.29) is 29.7 Å². The number of ether oxygens (including phenoxy) is 1. The highest BCUT2D eigenvalue weighted by molar-refractivity contribution is 8.01. The Morgan fingerprint density at radius 1 is 1.38 bits per heavy atom. The molecule has 2 aromatic rings. The quantitative estimate of drug-likeness (QED) is 0.0945. The standard InChI is InChI=1S/C22H21N7O8S3/c1-10(30)37-8-12-19(20(34)35)29-17(33)6-18(29)40-22(12,26-15(32)7-23-36-2)13-9-39-21(24-13)25-16(38)5-11-3-4-14(31)28-27-11/h3-4,7,9,18H,5-6,8H2,1-2H3,(H,26,32)(H,28,31)(H,34,35)(H,24,25,38)/t18-,22?/m1/s1. The number of H-pyrrole nitrogens is 1. The molecule has 2 amide bonds. The van der Waals surface area contributed by atoms with Crippen molar-refractivity contribution in [3.05, 3.63) is 50.5 Å². The zero-order valence-corrected chi connectivity index (χ0v) is 23.3. The Balaban J connectivity index is 1.76. The maximum Gasteiger partial charge on any atom is 0.352 e. The van der Waals surface area contributed by atoms with Gasteiger partial charge in [0.25, 0.3) is 11.5 Å². The number of thiocarbonyl (C=S) groups is 1. The van der Waals surface area contributed by atoms with Crippen LogP contribution in [0.3, 0.4) is 0 Å². The predicted molar refractivity (Wildman–Crippen MR) is 146 cm³/mol. The van der Waals surface area contributed by atoms with Crippen molar-refractivity contribution in [2.75, 3.05) is 19.0 Å². The fourth-order valence-corrected chi connectivity index (χ4v) is 6.71. The molecule has 4 N–H and O–H groups in total. The van der Waals surface area contributed by atoms with E-state index in [1.807, 2.05) is 0 Å². The number of esters is 1. The van der Waals surface area contributed by atoms with Gasteiger partial charge in [0, 0.05) is 30.4 Å². The normalized spacial score (nSPS) is 20.0. The average molecular weight is 608 g/mol. The monoisotopic (exact) mass is 607 g/mol. The van der Waals surface area contributed by atoms with Crippen molar-refractivity contribution in [3.8, 4) is 0 Å². The van der Waals surface area contributed by atoms with Gasteiger partial charge in [-0.25, -0.2) is 14.9 Å². The van der Waals surface area contributed by atoms with Crippen molar-refractivity contribution >= 4 is 75.4 Å². The lowest BCUT2D eigenvalue weighted by molar-refractivity contribution is -0.146. The van der Waals surface area contributed by atoms with Crippen LogP contribution in [0, 0.1) is 0 Å². The molecule has 2 aliphatic heterocycles. The summed E-state index contributed by atoms with van der Waals surface area (Å²) in [5, 5.41) is 26.7. The molecular formula is C22H21N7O8S3. The summed E-state index contributed by atoms with van der Waals surface area (Å²) in [5.74, 6) is -3.35. The summed E-state index contributed by atoms with van der Waals surface area (Å²) in [4.78, 5) is 69.6. The minimum absolute atomic E-state index is 0.0115. The number of amides is 2. The topological polar surface area (TPSA) is 205 Å². The molecule has 2 aliphatic rings. The van der Waals surface area contributed by atoms with Crippen LogP contribution in [-0.2, 0) is 40.0 Å². The number of aromatic amines is 1. The molecule has 0 aromatic carbocycles. The van der Waals surface area contributed by atoms with Crippen molar-refractivity contribution in [1.82, 2.24) is 25.4 Å². The molecule has 2 atom stereocenters. The van der Waals surface area contributed by atoms with E-state index < -0.39 is 46.3 Å². The van der Waals surface area contributed by atoms with Crippen molar-refractivity contribution < 1.29 is 33.9 Å². The Kier molecular flexibility index (Phi) is 8.60. The van der Waals surface area contributed by atoms with Crippen LogP contribution in [-0.4, -0.2) is 79.2 Å². The summed E-state index contributed by atoms with van der Waals surface area (Å²) in [7, 11) is 1.24. The van der Waals surface area contributed by atoms with E-state index in [0.29, 0.717) is 15.8 Å². The number of fused-ring (bicyclic) bond motifs is 1. The number of oxime groups is 1. The number of rotatable bonds is 10. The molecule has 4 rings (SSSR count). The Morgan fingerprint density at radius 3 is 2.77 bits per heavy atom. The number of thioether (sulfide) groups is 1. The number of hydrogen-bond donors (Lipinski definition) is 4. The van der Waals surface area contributed by atoms with Crippen LogP contribution in [0.5, 0.6) is 0 Å². The third kappa shape index (κ3) is 6.02. The van der Waals surface area contributed by atoms with Gasteiger partial charge in [0.05, 0.1) is 28.2 Å². The maximum atomic E-state index is 12.9. The van der Waals surface area contributed by atoms with Crippen LogP contribution in [0.15, 0.2) is 38.7 Å². The number of carboxylic acid groups (broad SMARTS) is 1. The van der Waals surface area contributed by atoms with Gasteiger partial charge in [-0.1, -0.05) is 29.1 Å². The number of anilines is 1. The molecule has 1 fully saturated rings. The number of thiazole rings is 1. The number of carbonyl (C=O) groups excluding carboxylic acids is 3. The second-order valence-electron chi connectivity index (χ2n) is 8.22. The molecule has 2 aromatic heterocycles. The van der Waals surface area contributed by atoms with Gasteiger partial charge in [-0.05, 0) is 6.07 Å². The van der Waals surface area contributed by atoms with Gasteiger partial charge in [0.2, 0.25) is 5.91 Å². The first kappa shape index (κ1) is 28.8. The molecule has 0 aliphatic carbocycles. The maximum absolute atomic E-state index is 12.9. The second-order valence-corrected chi connectivity index (χ2v) is 11.0. The molecule has 0 radical (unpaired) electrons. The molecule has 15 nitrogen and oxygen atoms in total. The summed E-state index contributed by atoms with van der Waals surface area (Å²) in [6.07, 6.45) is 1.05. The van der Waals surface area contributed by atoms with E-state index in [4.69, 9.17) is 17.0 Å². The number of carbonyl (C=O) groups is 4. The lowest BCUT2D eigenvalue weighted by Crippen LogP contribution is -2.61. The van der Waals surface area contributed by atoms with Gasteiger partial charge < -0.3 is 25.3 Å². The van der Waals surface area contributed by atoms with E-state index in [1.165, 1.54) is 19.2 Å². The van der Waals surface area contributed by atoms with Crippen LogP contribution in [0.1, 0.15) is 24.7 Å². The molecule has 0 saturated carbocycles. The van der Waals surface area contributed by atoms with E-state index in [2.05, 4.69) is 35.8 Å². The lowest BCUT2D eigenvalue weighted by Gasteiger charge is -2.51. The van der Waals surface area contributed by atoms with E-state index in [1.54, 1.807) is 5.38 Å². The minimum atomic E-state index is -1.68. The molecule has 1 unspecified atom stereocenters. The first-order valence-electron chi connectivity index (χ1n) is 11.3. The fourth-order valence-electron chi connectivity index (χ4n) is 3.90.